The molecule has 0 bridgehead atoms. The van der Waals surface area contributed by atoms with Crippen LogP contribution in [0.5, 0.6) is 5.75 Å². The molecule has 1 aromatic heterocycles. The van der Waals surface area contributed by atoms with Crippen LogP contribution in [0.4, 0.5) is 0 Å². The molecule has 1 aliphatic heterocycles. The van der Waals surface area contributed by atoms with Crippen molar-refractivity contribution < 1.29 is 4.74 Å². The van der Waals surface area contributed by atoms with Gasteiger partial charge in [0.15, 0.2) is 0 Å². The van der Waals surface area contributed by atoms with Gasteiger partial charge in [0.25, 0.3) is 0 Å². The van der Waals surface area contributed by atoms with Gasteiger partial charge in [0.1, 0.15) is 5.75 Å². The second-order valence-corrected chi connectivity index (χ2v) is 5.78. The van der Waals surface area contributed by atoms with Gasteiger partial charge in [0, 0.05) is 35.2 Å². The standard InChI is InChI=1S/C14H17BrN2O/c1-9-6-10(18-3)7-11-13(15)12-8-16(2)4-5-17(12)14(9)11/h6-7H,4-5,8H2,1-3H3. The highest BCUT2D eigenvalue weighted by molar-refractivity contribution is 9.10. The molecule has 0 amide bonds. The predicted molar refractivity (Wildman–Crippen MR) is 77.3 cm³/mol. The first kappa shape index (κ1) is 12.1. The van der Waals surface area contributed by atoms with E-state index in [2.05, 4.69) is 51.5 Å². The summed E-state index contributed by atoms with van der Waals surface area (Å²) in [5.74, 6) is 0.928. The zero-order chi connectivity index (χ0) is 12.9. The van der Waals surface area contributed by atoms with Gasteiger partial charge >= 0.3 is 0 Å². The van der Waals surface area contributed by atoms with Crippen LogP contribution in [0.1, 0.15) is 11.3 Å². The van der Waals surface area contributed by atoms with E-state index in [1.807, 2.05) is 0 Å². The number of hydrogen-bond donors (Lipinski definition) is 0. The Labute approximate surface area is 115 Å². The van der Waals surface area contributed by atoms with E-state index in [9.17, 15) is 0 Å². The molecule has 2 aromatic rings. The summed E-state index contributed by atoms with van der Waals surface area (Å²) in [6.07, 6.45) is 0. The van der Waals surface area contributed by atoms with Crippen molar-refractivity contribution in [3.05, 3.63) is 27.9 Å². The normalized spacial score (nSPS) is 16.0. The number of methoxy groups -OCH3 is 1. The van der Waals surface area contributed by atoms with Gasteiger partial charge in [0.05, 0.1) is 12.6 Å². The Morgan fingerprint density at radius 2 is 2.06 bits per heavy atom. The zero-order valence-corrected chi connectivity index (χ0v) is 12.5. The lowest BCUT2D eigenvalue weighted by molar-refractivity contribution is 0.272. The first-order valence-corrected chi connectivity index (χ1v) is 6.95. The molecule has 18 heavy (non-hydrogen) atoms. The minimum atomic E-state index is 0.928. The van der Waals surface area contributed by atoms with Crippen molar-refractivity contribution in [1.82, 2.24) is 9.47 Å². The van der Waals surface area contributed by atoms with Crippen LogP contribution in [-0.4, -0.2) is 30.2 Å². The van der Waals surface area contributed by atoms with Crippen LogP contribution in [0.2, 0.25) is 0 Å². The third-order valence-corrected chi connectivity index (χ3v) is 4.61. The number of halogens is 1. The third-order valence-electron chi connectivity index (χ3n) is 3.72. The van der Waals surface area contributed by atoms with E-state index in [-0.39, 0.29) is 0 Å². The van der Waals surface area contributed by atoms with Gasteiger partial charge in [0.2, 0.25) is 0 Å². The summed E-state index contributed by atoms with van der Waals surface area (Å²) in [5, 5.41) is 1.26. The predicted octanol–water partition coefficient (Wildman–Crippen LogP) is 3.17. The summed E-state index contributed by atoms with van der Waals surface area (Å²) in [6.45, 7) is 5.32. The molecule has 1 aromatic carbocycles. The Hall–Kier alpha value is -1.00. The molecule has 0 saturated heterocycles. The smallest absolute Gasteiger partial charge is 0.119 e. The molecule has 4 heteroatoms. The molecule has 0 saturated carbocycles. The molecule has 0 fully saturated rings. The van der Waals surface area contributed by atoms with Crippen molar-refractivity contribution in [2.24, 2.45) is 0 Å². The van der Waals surface area contributed by atoms with E-state index in [1.54, 1.807) is 7.11 Å². The summed E-state index contributed by atoms with van der Waals surface area (Å²) in [7, 11) is 3.89. The number of hydrogen-bond acceptors (Lipinski definition) is 2. The SMILES string of the molecule is COc1cc(C)c2c(c1)c(Br)c1n2CCN(C)C1. The first-order valence-electron chi connectivity index (χ1n) is 6.15. The van der Waals surface area contributed by atoms with Gasteiger partial charge in [-0.1, -0.05) is 0 Å². The minimum absolute atomic E-state index is 0.928. The highest BCUT2D eigenvalue weighted by Gasteiger charge is 2.22. The fourth-order valence-corrected chi connectivity index (χ4v) is 3.45. The second-order valence-electron chi connectivity index (χ2n) is 4.99. The maximum atomic E-state index is 5.37. The first-order chi connectivity index (χ1) is 8.61. The summed E-state index contributed by atoms with van der Waals surface area (Å²) < 4.78 is 9.02. The summed E-state index contributed by atoms with van der Waals surface area (Å²) in [5.41, 5.74) is 3.99. The maximum Gasteiger partial charge on any atom is 0.119 e. The quantitative estimate of drug-likeness (QED) is 0.805. The zero-order valence-electron chi connectivity index (χ0n) is 11.0. The molecule has 96 valence electrons. The lowest BCUT2D eigenvalue weighted by Gasteiger charge is -2.25. The van der Waals surface area contributed by atoms with E-state index in [0.29, 0.717) is 0 Å². The number of fused-ring (bicyclic) bond motifs is 3. The number of aromatic nitrogens is 1. The number of benzene rings is 1. The summed E-state index contributed by atoms with van der Waals surface area (Å²) in [6, 6.07) is 4.23. The number of nitrogens with zero attached hydrogens (tertiary/aromatic N) is 2. The van der Waals surface area contributed by atoms with Crippen LogP contribution in [0.15, 0.2) is 16.6 Å². The maximum absolute atomic E-state index is 5.37. The van der Waals surface area contributed by atoms with Gasteiger partial charge in [-0.2, -0.15) is 0 Å². The Kier molecular flexibility index (Phi) is 2.87. The fourth-order valence-electron chi connectivity index (χ4n) is 2.81. The third kappa shape index (κ3) is 1.67. The van der Waals surface area contributed by atoms with Crippen molar-refractivity contribution >= 4 is 26.8 Å². The van der Waals surface area contributed by atoms with E-state index >= 15 is 0 Å². The molecule has 0 N–H and O–H groups in total. The molecule has 0 atom stereocenters. The highest BCUT2D eigenvalue weighted by Crippen LogP contribution is 2.37. The molecule has 3 rings (SSSR count). The average molecular weight is 309 g/mol. The van der Waals surface area contributed by atoms with Crippen molar-refractivity contribution in [2.75, 3.05) is 20.7 Å². The Morgan fingerprint density at radius 1 is 1.28 bits per heavy atom. The molecule has 1 aliphatic rings. The molecule has 3 nitrogen and oxygen atoms in total. The molecule has 2 heterocycles. The number of rotatable bonds is 1. The molecule has 0 unspecified atom stereocenters. The van der Waals surface area contributed by atoms with Crippen LogP contribution in [-0.2, 0) is 13.1 Å². The average Bonchev–Trinajstić information content (AvgIpc) is 2.63. The van der Waals surface area contributed by atoms with E-state index in [4.69, 9.17) is 4.74 Å². The van der Waals surface area contributed by atoms with Crippen LogP contribution < -0.4 is 4.74 Å². The molecule has 0 spiro atoms. The van der Waals surface area contributed by atoms with Gasteiger partial charge in [-0.3, -0.25) is 4.90 Å². The second kappa shape index (κ2) is 4.28. The van der Waals surface area contributed by atoms with Crippen molar-refractivity contribution in [2.45, 2.75) is 20.0 Å². The van der Waals surface area contributed by atoms with Crippen molar-refractivity contribution in [3.63, 3.8) is 0 Å². The highest BCUT2D eigenvalue weighted by atomic mass is 79.9. The van der Waals surface area contributed by atoms with Crippen LogP contribution >= 0.6 is 15.9 Å². The van der Waals surface area contributed by atoms with Crippen LogP contribution in [0.25, 0.3) is 10.9 Å². The van der Waals surface area contributed by atoms with Crippen LogP contribution in [0.3, 0.4) is 0 Å². The van der Waals surface area contributed by atoms with Gasteiger partial charge in [-0.05, 0) is 47.6 Å². The topological polar surface area (TPSA) is 17.4 Å². The monoisotopic (exact) mass is 308 g/mol. The summed E-state index contributed by atoms with van der Waals surface area (Å²) >= 11 is 3.76. The van der Waals surface area contributed by atoms with E-state index < -0.39 is 0 Å². The minimum Gasteiger partial charge on any atom is -0.497 e. The molecular weight excluding hydrogens is 292 g/mol. The lowest BCUT2D eigenvalue weighted by atomic mass is 10.1. The molecular formula is C14H17BrN2O. The largest absolute Gasteiger partial charge is 0.497 e. The van der Waals surface area contributed by atoms with Gasteiger partial charge in [-0.15, -0.1) is 0 Å². The molecule has 0 aliphatic carbocycles. The Bertz CT molecular complexity index is 618. The van der Waals surface area contributed by atoms with Crippen LogP contribution in [0, 0.1) is 6.92 Å². The van der Waals surface area contributed by atoms with E-state index in [0.717, 1.165) is 25.4 Å². The van der Waals surface area contributed by atoms with Crippen molar-refractivity contribution in [3.8, 4) is 5.75 Å². The Morgan fingerprint density at radius 3 is 2.78 bits per heavy atom. The lowest BCUT2D eigenvalue weighted by Crippen LogP contribution is -2.30. The number of ether oxygens (including phenoxy) is 1. The van der Waals surface area contributed by atoms with Gasteiger partial charge in [-0.25, -0.2) is 0 Å². The fraction of sp³-hybridized carbons (Fsp3) is 0.429. The number of aryl methyl sites for hydroxylation is 1. The molecule has 0 radical (unpaired) electrons. The number of likely N-dealkylation sites (N-methyl/N-ethyl adjacent to an activating group) is 1. The van der Waals surface area contributed by atoms with Crippen molar-refractivity contribution in [1.29, 1.82) is 0 Å². The van der Waals surface area contributed by atoms with E-state index in [1.165, 1.54) is 26.6 Å². The van der Waals surface area contributed by atoms with Gasteiger partial charge < -0.3 is 9.30 Å². The Balaban J connectivity index is 2.32. The summed E-state index contributed by atoms with van der Waals surface area (Å²) in [4.78, 5) is 2.35.